The predicted molar refractivity (Wildman–Crippen MR) is 101 cm³/mol. The third-order valence-electron chi connectivity index (χ3n) is 3.72. The van der Waals surface area contributed by atoms with Crippen LogP contribution in [0.1, 0.15) is 23.6 Å². The number of benzene rings is 2. The van der Waals surface area contributed by atoms with Crippen LogP contribution in [0.3, 0.4) is 0 Å². The molecule has 0 spiro atoms. The Hall–Kier alpha value is -3.59. The van der Waals surface area contributed by atoms with Gasteiger partial charge in [0.25, 0.3) is 0 Å². The number of carbonyl (C=O) groups excluding carboxylic acids is 2. The maximum absolute atomic E-state index is 12.0. The fraction of sp³-hybridized carbons (Fsp3) is 0.190. The van der Waals surface area contributed by atoms with Crippen LogP contribution in [0.4, 0.5) is 0 Å². The molecule has 0 fully saturated rings. The lowest BCUT2D eigenvalue weighted by atomic mass is 10.1. The van der Waals surface area contributed by atoms with E-state index < -0.39 is 17.9 Å². The summed E-state index contributed by atoms with van der Waals surface area (Å²) in [5.74, 6) is -0.200. The monoisotopic (exact) mass is 364 g/mol. The summed E-state index contributed by atoms with van der Waals surface area (Å²) in [5.41, 5.74) is 2.14. The second-order valence-electron chi connectivity index (χ2n) is 5.75. The highest BCUT2D eigenvalue weighted by Crippen LogP contribution is 2.12. The Balaban J connectivity index is 1.80. The first kappa shape index (κ1) is 19.7. The van der Waals surface area contributed by atoms with E-state index in [2.05, 4.69) is 5.32 Å². The van der Waals surface area contributed by atoms with Crippen molar-refractivity contribution in [1.82, 2.24) is 5.32 Å². The number of nitrogens with zero attached hydrogens (tertiary/aromatic N) is 1. The third-order valence-corrected chi connectivity index (χ3v) is 3.72. The number of hydrogen-bond donors (Lipinski definition) is 1. The van der Waals surface area contributed by atoms with E-state index in [4.69, 9.17) is 14.7 Å². The topological polar surface area (TPSA) is 88.4 Å². The second kappa shape index (κ2) is 9.78. The van der Waals surface area contributed by atoms with Crippen molar-refractivity contribution in [2.45, 2.75) is 19.6 Å². The van der Waals surface area contributed by atoms with Crippen LogP contribution >= 0.6 is 0 Å². The molecule has 1 N–H and O–H groups in total. The van der Waals surface area contributed by atoms with Gasteiger partial charge in [0.05, 0.1) is 18.7 Å². The summed E-state index contributed by atoms with van der Waals surface area (Å²) in [6.07, 6.45) is 3.00. The molecule has 6 heteroatoms. The first-order valence-electron chi connectivity index (χ1n) is 8.30. The van der Waals surface area contributed by atoms with Gasteiger partial charge < -0.3 is 14.8 Å². The van der Waals surface area contributed by atoms with Crippen LogP contribution in [0.2, 0.25) is 0 Å². The van der Waals surface area contributed by atoms with E-state index >= 15 is 0 Å². The molecule has 0 radical (unpaired) electrons. The van der Waals surface area contributed by atoms with Crippen LogP contribution in [0.15, 0.2) is 54.6 Å². The summed E-state index contributed by atoms with van der Waals surface area (Å²) < 4.78 is 10.2. The third kappa shape index (κ3) is 6.33. The van der Waals surface area contributed by atoms with Crippen molar-refractivity contribution in [3.05, 3.63) is 71.3 Å². The molecule has 27 heavy (non-hydrogen) atoms. The Bertz CT molecular complexity index is 849. The van der Waals surface area contributed by atoms with Crippen LogP contribution < -0.4 is 10.1 Å². The van der Waals surface area contributed by atoms with Gasteiger partial charge in [0.1, 0.15) is 18.4 Å². The van der Waals surface area contributed by atoms with Crippen molar-refractivity contribution in [2.24, 2.45) is 0 Å². The second-order valence-corrected chi connectivity index (χ2v) is 5.75. The summed E-state index contributed by atoms with van der Waals surface area (Å²) in [7, 11) is 1.58. The Morgan fingerprint density at radius 3 is 2.41 bits per heavy atom. The van der Waals surface area contributed by atoms with Crippen molar-refractivity contribution in [1.29, 1.82) is 5.26 Å². The van der Waals surface area contributed by atoms with Gasteiger partial charge >= 0.3 is 5.97 Å². The minimum absolute atomic E-state index is 0.0758. The zero-order chi connectivity index (χ0) is 19.6. The van der Waals surface area contributed by atoms with Crippen LogP contribution in [-0.2, 0) is 20.9 Å². The number of esters is 1. The van der Waals surface area contributed by atoms with Crippen molar-refractivity contribution >= 4 is 18.0 Å². The summed E-state index contributed by atoms with van der Waals surface area (Å²) in [6.45, 7) is 1.63. The van der Waals surface area contributed by atoms with Gasteiger partial charge in [0, 0.05) is 6.08 Å². The molecule has 0 aliphatic rings. The van der Waals surface area contributed by atoms with Gasteiger partial charge in [-0.05, 0) is 48.4 Å². The summed E-state index contributed by atoms with van der Waals surface area (Å²) in [5, 5.41) is 11.3. The maximum atomic E-state index is 12.0. The molecule has 2 aromatic rings. The number of nitriles is 1. The van der Waals surface area contributed by atoms with E-state index in [1.807, 2.05) is 18.2 Å². The molecule has 0 saturated carbocycles. The maximum Gasteiger partial charge on any atom is 0.328 e. The minimum atomic E-state index is -0.781. The zero-order valence-corrected chi connectivity index (χ0v) is 15.1. The number of ether oxygens (including phenoxy) is 2. The molecule has 138 valence electrons. The molecule has 2 rings (SSSR count). The van der Waals surface area contributed by atoms with Gasteiger partial charge in [-0.2, -0.15) is 5.26 Å². The molecule has 6 nitrogen and oxygen atoms in total. The standard InChI is InChI=1S/C21H20N2O4/c1-15(21(25)27-14-18-5-3-17(13-22)4-6-18)23-20(24)12-9-16-7-10-19(26-2)11-8-16/h3-12,15H,14H2,1-2H3,(H,23,24). The Kier molecular flexibility index (Phi) is 7.15. The Morgan fingerprint density at radius 2 is 1.81 bits per heavy atom. The van der Waals surface area contributed by atoms with E-state index in [0.29, 0.717) is 5.56 Å². The smallest absolute Gasteiger partial charge is 0.328 e. The van der Waals surface area contributed by atoms with Crippen molar-refractivity contribution in [3.63, 3.8) is 0 Å². The van der Waals surface area contributed by atoms with Gasteiger partial charge in [-0.1, -0.05) is 24.3 Å². The molecule has 0 heterocycles. The van der Waals surface area contributed by atoms with Crippen molar-refractivity contribution < 1.29 is 19.1 Å². The lowest BCUT2D eigenvalue weighted by Crippen LogP contribution is -2.38. The van der Waals surface area contributed by atoms with Gasteiger partial charge in [-0.15, -0.1) is 0 Å². The molecule has 1 atom stereocenters. The van der Waals surface area contributed by atoms with Crippen LogP contribution in [-0.4, -0.2) is 25.0 Å². The van der Waals surface area contributed by atoms with E-state index in [1.165, 1.54) is 6.08 Å². The molecule has 0 aliphatic carbocycles. The van der Waals surface area contributed by atoms with Crippen LogP contribution in [0, 0.1) is 11.3 Å². The normalized spacial score (nSPS) is 11.4. The molecule has 1 amide bonds. The average molecular weight is 364 g/mol. The Morgan fingerprint density at radius 1 is 1.15 bits per heavy atom. The summed E-state index contributed by atoms with van der Waals surface area (Å²) in [6, 6.07) is 15.2. The lowest BCUT2D eigenvalue weighted by molar-refractivity contribution is -0.148. The highest BCUT2D eigenvalue weighted by molar-refractivity contribution is 5.94. The Labute approximate surface area is 158 Å². The molecular weight excluding hydrogens is 344 g/mol. The fourth-order valence-corrected chi connectivity index (χ4v) is 2.16. The van der Waals surface area contributed by atoms with Crippen LogP contribution in [0.25, 0.3) is 6.08 Å². The van der Waals surface area contributed by atoms with Crippen molar-refractivity contribution in [3.8, 4) is 11.8 Å². The highest BCUT2D eigenvalue weighted by atomic mass is 16.5. The quantitative estimate of drug-likeness (QED) is 0.603. The zero-order valence-electron chi connectivity index (χ0n) is 15.1. The van der Waals surface area contributed by atoms with Crippen molar-refractivity contribution in [2.75, 3.05) is 7.11 Å². The largest absolute Gasteiger partial charge is 0.497 e. The average Bonchev–Trinajstić information content (AvgIpc) is 2.71. The number of amides is 1. The number of rotatable bonds is 7. The fourth-order valence-electron chi connectivity index (χ4n) is 2.16. The van der Waals surface area contributed by atoms with Gasteiger partial charge in [0.15, 0.2) is 0 Å². The molecule has 0 aromatic heterocycles. The summed E-state index contributed by atoms with van der Waals surface area (Å²) >= 11 is 0. The predicted octanol–water partition coefficient (Wildman–Crippen LogP) is 2.83. The highest BCUT2D eigenvalue weighted by Gasteiger charge is 2.15. The number of carbonyl (C=O) groups is 2. The van der Waals surface area contributed by atoms with Gasteiger partial charge in [0.2, 0.25) is 5.91 Å². The first-order valence-corrected chi connectivity index (χ1v) is 8.30. The molecular formula is C21H20N2O4. The number of methoxy groups -OCH3 is 1. The van der Waals surface area contributed by atoms with E-state index in [9.17, 15) is 9.59 Å². The lowest BCUT2D eigenvalue weighted by Gasteiger charge is -2.12. The minimum Gasteiger partial charge on any atom is -0.497 e. The number of nitrogens with one attached hydrogen (secondary N) is 1. The van der Waals surface area contributed by atoms with E-state index in [0.717, 1.165) is 16.9 Å². The van der Waals surface area contributed by atoms with Gasteiger partial charge in [-0.3, -0.25) is 4.79 Å². The molecule has 2 aromatic carbocycles. The molecule has 0 saturated heterocycles. The molecule has 1 unspecified atom stereocenters. The molecule has 0 aliphatic heterocycles. The van der Waals surface area contributed by atoms with E-state index in [1.54, 1.807) is 56.5 Å². The van der Waals surface area contributed by atoms with Crippen LogP contribution in [0.5, 0.6) is 5.75 Å². The van der Waals surface area contributed by atoms with Gasteiger partial charge in [-0.25, -0.2) is 4.79 Å². The summed E-state index contributed by atoms with van der Waals surface area (Å²) in [4.78, 5) is 23.9. The molecule has 0 bridgehead atoms. The van der Waals surface area contributed by atoms with E-state index in [-0.39, 0.29) is 6.61 Å². The SMILES string of the molecule is COc1ccc(C=CC(=O)NC(C)C(=O)OCc2ccc(C#N)cc2)cc1. The number of hydrogen-bond acceptors (Lipinski definition) is 5. The first-order chi connectivity index (χ1) is 13.0.